The number of hydrogen-bond acceptors (Lipinski definition) is 3. The molecule has 1 heterocycles. The maximum absolute atomic E-state index is 10.3. The highest BCUT2D eigenvalue weighted by atomic mass is 32.2. The Balaban J connectivity index is 1.61. The van der Waals surface area contributed by atoms with Crippen LogP contribution in [0.3, 0.4) is 0 Å². The molecule has 2 aromatic carbocycles. The first kappa shape index (κ1) is 14.6. The van der Waals surface area contributed by atoms with E-state index in [1.54, 1.807) is 23.1 Å². The summed E-state index contributed by atoms with van der Waals surface area (Å²) in [5.41, 5.74) is 2.53. The van der Waals surface area contributed by atoms with Gasteiger partial charge in [-0.15, -0.1) is 23.1 Å². The summed E-state index contributed by atoms with van der Waals surface area (Å²) in [4.78, 5) is 1.22. The van der Waals surface area contributed by atoms with Crippen molar-refractivity contribution < 1.29 is 5.11 Å². The van der Waals surface area contributed by atoms with Gasteiger partial charge in [-0.1, -0.05) is 35.9 Å². The first-order chi connectivity index (χ1) is 10.2. The Morgan fingerprint density at radius 2 is 1.86 bits per heavy atom. The smallest absolute Gasteiger partial charge is 0.0674 e. The number of rotatable bonds is 5. The van der Waals surface area contributed by atoms with Crippen molar-refractivity contribution in [2.24, 2.45) is 0 Å². The third-order valence-electron chi connectivity index (χ3n) is 3.48. The fourth-order valence-corrected chi connectivity index (χ4v) is 4.14. The van der Waals surface area contributed by atoms with Crippen molar-refractivity contribution in [2.75, 3.05) is 5.75 Å². The van der Waals surface area contributed by atoms with Gasteiger partial charge in [0.25, 0.3) is 0 Å². The molecule has 0 radical (unpaired) electrons. The molecule has 0 aliphatic rings. The fraction of sp³-hybridized carbons (Fsp3) is 0.222. The van der Waals surface area contributed by atoms with Gasteiger partial charge in [-0.3, -0.25) is 0 Å². The Bertz CT molecular complexity index is 715. The number of aliphatic hydroxyl groups is 1. The molecule has 1 nitrogen and oxygen atoms in total. The van der Waals surface area contributed by atoms with E-state index in [2.05, 4.69) is 60.8 Å². The van der Waals surface area contributed by atoms with E-state index < -0.39 is 0 Å². The van der Waals surface area contributed by atoms with Crippen molar-refractivity contribution in [3.63, 3.8) is 0 Å². The first-order valence-electron chi connectivity index (χ1n) is 7.05. The van der Waals surface area contributed by atoms with Crippen LogP contribution in [0.15, 0.2) is 58.8 Å². The molecule has 0 aliphatic carbocycles. The lowest BCUT2D eigenvalue weighted by molar-refractivity contribution is 0.200. The molecule has 1 atom stereocenters. The van der Waals surface area contributed by atoms with Crippen LogP contribution in [-0.2, 0) is 6.42 Å². The predicted molar refractivity (Wildman–Crippen MR) is 93.4 cm³/mol. The molecule has 1 N–H and O–H groups in total. The molecule has 0 saturated heterocycles. The topological polar surface area (TPSA) is 20.2 Å². The molecule has 0 amide bonds. The quantitative estimate of drug-likeness (QED) is 0.676. The first-order valence-corrected chi connectivity index (χ1v) is 8.91. The maximum Gasteiger partial charge on any atom is 0.0674 e. The highest BCUT2D eigenvalue weighted by Crippen LogP contribution is 2.27. The van der Waals surface area contributed by atoms with Gasteiger partial charge in [0.05, 0.1) is 6.10 Å². The number of aryl methyl sites for hydroxylation is 1. The number of hydrogen-bond donors (Lipinski definition) is 1. The van der Waals surface area contributed by atoms with Gasteiger partial charge >= 0.3 is 0 Å². The van der Waals surface area contributed by atoms with E-state index in [9.17, 15) is 5.11 Å². The molecule has 0 spiro atoms. The Hall–Kier alpha value is -1.29. The second-order valence-corrected chi connectivity index (χ2v) is 7.24. The Morgan fingerprint density at radius 1 is 1.10 bits per heavy atom. The molecule has 3 heteroatoms. The lowest BCUT2D eigenvalue weighted by atomic mass is 10.1. The fourth-order valence-electron chi connectivity index (χ4n) is 2.33. The largest absolute Gasteiger partial charge is 0.392 e. The van der Waals surface area contributed by atoms with Crippen molar-refractivity contribution in [1.29, 1.82) is 0 Å². The molecule has 0 saturated carbocycles. The van der Waals surface area contributed by atoms with Crippen LogP contribution in [-0.4, -0.2) is 17.0 Å². The zero-order valence-corrected chi connectivity index (χ0v) is 13.6. The number of benzene rings is 2. The number of thiophene rings is 1. The summed E-state index contributed by atoms with van der Waals surface area (Å²) < 4.78 is 1.30. The molecule has 1 aromatic heterocycles. The summed E-state index contributed by atoms with van der Waals surface area (Å²) in [5, 5.41) is 13.7. The van der Waals surface area contributed by atoms with Gasteiger partial charge in [-0.25, -0.2) is 0 Å². The lowest BCUT2D eigenvalue weighted by Gasteiger charge is -2.10. The van der Waals surface area contributed by atoms with E-state index in [1.807, 2.05) is 0 Å². The zero-order chi connectivity index (χ0) is 14.7. The van der Waals surface area contributed by atoms with E-state index in [0.29, 0.717) is 0 Å². The van der Waals surface area contributed by atoms with Gasteiger partial charge in [0.2, 0.25) is 0 Å². The highest BCUT2D eigenvalue weighted by Gasteiger charge is 2.10. The van der Waals surface area contributed by atoms with Gasteiger partial charge in [-0.2, -0.15) is 0 Å². The summed E-state index contributed by atoms with van der Waals surface area (Å²) >= 11 is 3.47. The molecular formula is C18H18OS2. The molecule has 3 aromatic rings. The highest BCUT2D eigenvalue weighted by molar-refractivity contribution is 7.99. The molecule has 108 valence electrons. The second-order valence-electron chi connectivity index (χ2n) is 5.24. The van der Waals surface area contributed by atoms with Gasteiger partial charge in [0.15, 0.2) is 0 Å². The standard InChI is InChI=1S/C18H18OS2/c1-13-6-8-16(9-7-13)20-12-15(19)10-14-11-21-18-5-3-2-4-17(14)18/h2-9,11,15,19H,10,12H2,1H3. The minimum Gasteiger partial charge on any atom is -0.392 e. The third kappa shape index (κ3) is 3.67. The normalized spacial score (nSPS) is 12.7. The SMILES string of the molecule is Cc1ccc(SCC(O)Cc2csc3ccccc23)cc1. The van der Waals surface area contributed by atoms with Gasteiger partial charge in [0.1, 0.15) is 0 Å². The summed E-state index contributed by atoms with van der Waals surface area (Å²) in [6.45, 7) is 2.09. The van der Waals surface area contributed by atoms with Crippen LogP contribution in [0.2, 0.25) is 0 Å². The molecule has 0 fully saturated rings. The summed E-state index contributed by atoms with van der Waals surface area (Å²) in [6.07, 6.45) is 0.414. The summed E-state index contributed by atoms with van der Waals surface area (Å²) in [6, 6.07) is 16.9. The Kier molecular flexibility index (Phi) is 4.63. The Labute approximate surface area is 133 Å². The summed E-state index contributed by atoms with van der Waals surface area (Å²) in [7, 11) is 0. The molecule has 1 unspecified atom stereocenters. The van der Waals surface area contributed by atoms with Crippen molar-refractivity contribution in [1.82, 2.24) is 0 Å². The van der Waals surface area contributed by atoms with Crippen LogP contribution in [0.1, 0.15) is 11.1 Å². The van der Waals surface area contributed by atoms with Crippen LogP contribution in [0.5, 0.6) is 0 Å². The van der Waals surface area contributed by atoms with Crippen LogP contribution in [0, 0.1) is 6.92 Å². The number of fused-ring (bicyclic) bond motifs is 1. The zero-order valence-electron chi connectivity index (χ0n) is 12.0. The minimum absolute atomic E-state index is 0.311. The van der Waals surface area contributed by atoms with E-state index in [1.165, 1.54) is 26.1 Å². The van der Waals surface area contributed by atoms with Crippen molar-refractivity contribution in [2.45, 2.75) is 24.3 Å². The predicted octanol–water partition coefficient (Wildman–Crippen LogP) is 4.91. The van der Waals surface area contributed by atoms with E-state index >= 15 is 0 Å². The van der Waals surface area contributed by atoms with Crippen LogP contribution >= 0.6 is 23.1 Å². The van der Waals surface area contributed by atoms with Gasteiger partial charge < -0.3 is 5.11 Å². The number of thioether (sulfide) groups is 1. The third-order valence-corrected chi connectivity index (χ3v) is 5.65. The minimum atomic E-state index is -0.311. The van der Waals surface area contributed by atoms with E-state index in [0.717, 1.165) is 12.2 Å². The lowest BCUT2D eigenvalue weighted by Crippen LogP contribution is -2.13. The van der Waals surface area contributed by atoms with Crippen molar-refractivity contribution in [3.8, 4) is 0 Å². The average Bonchev–Trinajstić information content (AvgIpc) is 2.90. The molecule has 3 rings (SSSR count). The molecule has 0 bridgehead atoms. The molecular weight excluding hydrogens is 296 g/mol. The van der Waals surface area contributed by atoms with Crippen molar-refractivity contribution >= 4 is 33.2 Å². The monoisotopic (exact) mass is 314 g/mol. The molecule has 0 aliphatic heterocycles. The van der Waals surface area contributed by atoms with Gasteiger partial charge in [-0.05, 0) is 41.5 Å². The van der Waals surface area contributed by atoms with E-state index in [-0.39, 0.29) is 6.10 Å². The van der Waals surface area contributed by atoms with Crippen molar-refractivity contribution in [3.05, 3.63) is 65.0 Å². The van der Waals surface area contributed by atoms with Crippen LogP contribution in [0.25, 0.3) is 10.1 Å². The Morgan fingerprint density at radius 3 is 2.67 bits per heavy atom. The van der Waals surface area contributed by atoms with Crippen LogP contribution in [0.4, 0.5) is 0 Å². The number of aliphatic hydroxyl groups excluding tert-OH is 1. The van der Waals surface area contributed by atoms with Crippen LogP contribution < -0.4 is 0 Å². The van der Waals surface area contributed by atoms with E-state index in [4.69, 9.17) is 0 Å². The summed E-state index contributed by atoms with van der Waals surface area (Å²) in [5.74, 6) is 0.729. The molecule has 21 heavy (non-hydrogen) atoms. The van der Waals surface area contributed by atoms with Gasteiger partial charge in [0, 0.05) is 21.8 Å². The average molecular weight is 314 g/mol. The maximum atomic E-state index is 10.3. The second kappa shape index (κ2) is 6.65.